The number of aryl methyl sites for hydroxylation is 1. The number of rotatable bonds is 6. The van der Waals surface area contributed by atoms with Crippen molar-refractivity contribution in [1.82, 2.24) is 0 Å². The Balaban J connectivity index is 2.79. The second-order valence-electron chi connectivity index (χ2n) is 4.10. The fraction of sp³-hybridized carbons (Fsp3) is 0.500. The van der Waals surface area contributed by atoms with Crippen molar-refractivity contribution < 1.29 is 4.74 Å². The summed E-state index contributed by atoms with van der Waals surface area (Å²) >= 11 is 1.32. The summed E-state index contributed by atoms with van der Waals surface area (Å²) in [6.45, 7) is 6.97. The molecule has 0 fully saturated rings. The summed E-state index contributed by atoms with van der Waals surface area (Å²) in [5.74, 6) is 2.28. The largest absolute Gasteiger partial charge is 0.494 e. The van der Waals surface area contributed by atoms with E-state index in [1.165, 1.54) is 22.9 Å². The number of thioether (sulfide) groups is 1. The van der Waals surface area contributed by atoms with E-state index in [-0.39, 0.29) is 0 Å². The molecular formula is C14H19NOS. The van der Waals surface area contributed by atoms with Gasteiger partial charge in [-0.05, 0) is 49.6 Å². The summed E-state index contributed by atoms with van der Waals surface area (Å²) in [7, 11) is 0. The van der Waals surface area contributed by atoms with Crippen LogP contribution in [0.3, 0.4) is 0 Å². The first kappa shape index (κ1) is 13.9. The quantitative estimate of drug-likeness (QED) is 0.562. The zero-order valence-electron chi connectivity index (χ0n) is 10.7. The van der Waals surface area contributed by atoms with Crippen LogP contribution in [0.5, 0.6) is 5.75 Å². The molecule has 3 heteroatoms. The van der Waals surface area contributed by atoms with Gasteiger partial charge in [-0.15, -0.1) is 0 Å². The fourth-order valence-corrected chi connectivity index (χ4v) is 2.34. The molecule has 1 atom stereocenters. The molecule has 17 heavy (non-hydrogen) atoms. The highest BCUT2D eigenvalue weighted by Gasteiger charge is 2.11. The standard InChI is InChI=1S/C14H19NOS/c1-4-16-14-6-5-11(2)9-13(14)12(3)7-8-17-10-15/h5-6,9,12H,4,7-8H2,1-3H3. The van der Waals surface area contributed by atoms with Crippen molar-refractivity contribution in [3.8, 4) is 11.2 Å². The molecule has 0 spiro atoms. The van der Waals surface area contributed by atoms with E-state index < -0.39 is 0 Å². The van der Waals surface area contributed by atoms with E-state index in [0.717, 1.165) is 17.9 Å². The lowest BCUT2D eigenvalue weighted by atomic mass is 9.96. The summed E-state index contributed by atoms with van der Waals surface area (Å²) < 4.78 is 5.65. The van der Waals surface area contributed by atoms with E-state index in [0.29, 0.717) is 12.5 Å². The summed E-state index contributed by atoms with van der Waals surface area (Å²) in [6, 6.07) is 6.31. The van der Waals surface area contributed by atoms with Gasteiger partial charge in [0.1, 0.15) is 11.2 Å². The molecule has 0 aliphatic carbocycles. The van der Waals surface area contributed by atoms with E-state index in [9.17, 15) is 0 Å². The fourth-order valence-electron chi connectivity index (χ4n) is 1.78. The van der Waals surface area contributed by atoms with Gasteiger partial charge in [0.25, 0.3) is 0 Å². The van der Waals surface area contributed by atoms with Gasteiger partial charge >= 0.3 is 0 Å². The van der Waals surface area contributed by atoms with Gasteiger partial charge in [0.05, 0.1) is 6.61 Å². The van der Waals surface area contributed by atoms with Crippen molar-refractivity contribution >= 4 is 11.8 Å². The summed E-state index contributed by atoms with van der Waals surface area (Å²) in [5.41, 5.74) is 2.51. The lowest BCUT2D eigenvalue weighted by molar-refractivity contribution is 0.334. The van der Waals surface area contributed by atoms with E-state index in [1.807, 2.05) is 13.0 Å². The first-order chi connectivity index (χ1) is 8.19. The maximum absolute atomic E-state index is 8.52. The molecule has 92 valence electrons. The predicted molar refractivity (Wildman–Crippen MR) is 73.5 cm³/mol. The Kier molecular flexibility index (Phi) is 5.93. The number of benzene rings is 1. The third-order valence-electron chi connectivity index (χ3n) is 2.71. The van der Waals surface area contributed by atoms with E-state index in [4.69, 9.17) is 10.00 Å². The monoisotopic (exact) mass is 249 g/mol. The molecule has 0 bridgehead atoms. The van der Waals surface area contributed by atoms with Crippen molar-refractivity contribution in [2.75, 3.05) is 12.4 Å². The molecule has 0 aliphatic rings. The predicted octanol–water partition coefficient (Wildman–Crippen LogP) is 4.10. The first-order valence-corrected chi connectivity index (χ1v) is 6.91. The van der Waals surface area contributed by atoms with Crippen molar-refractivity contribution in [1.29, 1.82) is 5.26 Å². The van der Waals surface area contributed by atoms with Gasteiger partial charge in [0.15, 0.2) is 0 Å². The van der Waals surface area contributed by atoms with Crippen molar-refractivity contribution in [3.63, 3.8) is 0 Å². The van der Waals surface area contributed by atoms with Crippen LogP contribution in [0.1, 0.15) is 37.3 Å². The van der Waals surface area contributed by atoms with Crippen LogP contribution in [0.2, 0.25) is 0 Å². The lowest BCUT2D eigenvalue weighted by Gasteiger charge is -2.16. The number of nitriles is 1. The van der Waals surface area contributed by atoms with Gasteiger partial charge in [0, 0.05) is 5.75 Å². The average Bonchev–Trinajstić information content (AvgIpc) is 2.32. The second-order valence-corrected chi connectivity index (χ2v) is 4.98. The Hall–Kier alpha value is -1.14. The molecule has 1 unspecified atom stereocenters. The van der Waals surface area contributed by atoms with Crippen molar-refractivity contribution in [2.45, 2.75) is 33.1 Å². The van der Waals surface area contributed by atoms with Gasteiger partial charge in [-0.2, -0.15) is 5.26 Å². The average molecular weight is 249 g/mol. The second kappa shape index (κ2) is 7.24. The molecule has 1 aromatic carbocycles. The highest BCUT2D eigenvalue weighted by molar-refractivity contribution is 8.03. The molecule has 0 saturated carbocycles. The van der Waals surface area contributed by atoms with Crippen LogP contribution in [-0.2, 0) is 0 Å². The van der Waals surface area contributed by atoms with Crippen LogP contribution in [0.4, 0.5) is 0 Å². The highest BCUT2D eigenvalue weighted by Crippen LogP contribution is 2.30. The van der Waals surface area contributed by atoms with Crippen LogP contribution in [0.15, 0.2) is 18.2 Å². The van der Waals surface area contributed by atoms with Crippen LogP contribution < -0.4 is 4.74 Å². The summed E-state index contributed by atoms with van der Waals surface area (Å²) in [4.78, 5) is 0. The molecule has 2 nitrogen and oxygen atoms in total. The molecule has 1 rings (SSSR count). The Morgan fingerprint density at radius 1 is 1.47 bits per heavy atom. The summed E-state index contributed by atoms with van der Waals surface area (Å²) in [6.07, 6.45) is 1.00. The Morgan fingerprint density at radius 3 is 2.88 bits per heavy atom. The lowest BCUT2D eigenvalue weighted by Crippen LogP contribution is -2.02. The van der Waals surface area contributed by atoms with E-state index >= 15 is 0 Å². The molecule has 0 aromatic heterocycles. The summed E-state index contributed by atoms with van der Waals surface area (Å²) in [5, 5.41) is 10.6. The Morgan fingerprint density at radius 2 is 2.24 bits per heavy atom. The van der Waals surface area contributed by atoms with Crippen LogP contribution in [0, 0.1) is 17.6 Å². The topological polar surface area (TPSA) is 33.0 Å². The smallest absolute Gasteiger partial charge is 0.133 e. The first-order valence-electron chi connectivity index (χ1n) is 5.93. The molecule has 0 saturated heterocycles. The van der Waals surface area contributed by atoms with E-state index in [2.05, 4.69) is 31.4 Å². The number of thiocyanates is 1. The molecule has 0 heterocycles. The minimum absolute atomic E-state index is 0.428. The van der Waals surface area contributed by atoms with Gasteiger partial charge in [-0.3, -0.25) is 0 Å². The van der Waals surface area contributed by atoms with Crippen LogP contribution in [-0.4, -0.2) is 12.4 Å². The van der Waals surface area contributed by atoms with Crippen LogP contribution in [0.25, 0.3) is 0 Å². The van der Waals surface area contributed by atoms with Crippen molar-refractivity contribution in [2.24, 2.45) is 0 Å². The Labute approximate surface area is 108 Å². The van der Waals surface area contributed by atoms with E-state index in [1.54, 1.807) is 0 Å². The third kappa shape index (κ3) is 4.32. The van der Waals surface area contributed by atoms with Gasteiger partial charge in [-0.25, -0.2) is 0 Å². The number of hydrogen-bond donors (Lipinski definition) is 0. The molecule has 0 amide bonds. The van der Waals surface area contributed by atoms with Crippen molar-refractivity contribution in [3.05, 3.63) is 29.3 Å². The number of nitrogens with zero attached hydrogens (tertiary/aromatic N) is 1. The maximum atomic E-state index is 8.52. The van der Waals surface area contributed by atoms with Gasteiger partial charge < -0.3 is 4.74 Å². The number of ether oxygens (including phenoxy) is 1. The minimum Gasteiger partial charge on any atom is -0.494 e. The zero-order valence-corrected chi connectivity index (χ0v) is 11.5. The normalized spacial score (nSPS) is 11.9. The zero-order chi connectivity index (χ0) is 12.7. The van der Waals surface area contributed by atoms with Crippen LogP contribution >= 0.6 is 11.8 Å². The molecule has 0 radical (unpaired) electrons. The molecule has 0 N–H and O–H groups in total. The Bertz CT molecular complexity index is 398. The molecular weight excluding hydrogens is 230 g/mol. The molecule has 1 aromatic rings. The maximum Gasteiger partial charge on any atom is 0.133 e. The minimum atomic E-state index is 0.428. The van der Waals surface area contributed by atoms with Gasteiger partial charge in [0.2, 0.25) is 0 Å². The third-order valence-corrected chi connectivity index (χ3v) is 3.28. The van der Waals surface area contributed by atoms with Gasteiger partial charge in [-0.1, -0.05) is 24.6 Å². The highest BCUT2D eigenvalue weighted by atomic mass is 32.2. The molecule has 0 aliphatic heterocycles. The number of hydrogen-bond acceptors (Lipinski definition) is 3. The SMILES string of the molecule is CCOc1ccc(C)cc1C(C)CCSC#N.